The molecule has 34 heavy (non-hydrogen) atoms. The van der Waals surface area contributed by atoms with Gasteiger partial charge in [0.05, 0.1) is 24.2 Å². The molecule has 2 heterocycles. The van der Waals surface area contributed by atoms with Crippen molar-refractivity contribution in [1.29, 1.82) is 0 Å². The molecule has 2 unspecified atom stereocenters. The van der Waals surface area contributed by atoms with E-state index in [1.54, 1.807) is 13.2 Å². The van der Waals surface area contributed by atoms with Crippen LogP contribution in [0.4, 0.5) is 0 Å². The van der Waals surface area contributed by atoms with Crippen molar-refractivity contribution in [1.82, 2.24) is 15.3 Å². The molecule has 0 aliphatic carbocycles. The number of hydrogen-bond acceptors (Lipinski definition) is 6. The molecule has 3 N–H and O–H groups in total. The van der Waals surface area contributed by atoms with Gasteiger partial charge in [-0.05, 0) is 42.8 Å². The lowest BCUT2D eigenvalue weighted by atomic mass is 9.87. The molecular formula is C26H25N3O5. The van der Waals surface area contributed by atoms with Crippen molar-refractivity contribution in [2.75, 3.05) is 13.9 Å². The quantitative estimate of drug-likeness (QED) is 0.378. The number of phenolic OH excluding ortho intramolecular Hbond substituents is 1. The predicted molar refractivity (Wildman–Crippen MR) is 126 cm³/mol. The first-order chi connectivity index (χ1) is 16.5. The van der Waals surface area contributed by atoms with Gasteiger partial charge in [-0.25, -0.2) is 4.98 Å². The molecule has 1 amide bonds. The number of nitrogens with one attached hydrogen (secondary N) is 2. The fraction of sp³-hybridized carbons (Fsp3) is 0.231. The third kappa shape index (κ3) is 4.22. The Labute approximate surface area is 196 Å². The molecule has 8 heteroatoms. The van der Waals surface area contributed by atoms with Gasteiger partial charge >= 0.3 is 0 Å². The molecule has 0 bridgehead atoms. The number of imidazole rings is 1. The molecule has 0 saturated heterocycles. The molecule has 0 fully saturated rings. The van der Waals surface area contributed by atoms with Gasteiger partial charge in [0.1, 0.15) is 17.3 Å². The number of fused-ring (bicyclic) bond motifs is 2. The van der Waals surface area contributed by atoms with Crippen LogP contribution in [-0.4, -0.2) is 34.9 Å². The Hall–Kier alpha value is -4.20. The molecule has 0 radical (unpaired) electrons. The topological polar surface area (TPSA) is 106 Å². The smallest absolute Gasteiger partial charge is 0.231 e. The Morgan fingerprint density at radius 2 is 1.88 bits per heavy atom. The molecule has 4 aromatic rings. The van der Waals surface area contributed by atoms with Crippen LogP contribution < -0.4 is 19.5 Å². The molecule has 0 spiro atoms. The van der Waals surface area contributed by atoms with Gasteiger partial charge < -0.3 is 29.6 Å². The minimum absolute atomic E-state index is 0.0446. The van der Waals surface area contributed by atoms with E-state index in [2.05, 4.69) is 15.3 Å². The van der Waals surface area contributed by atoms with Crippen LogP contribution in [0.5, 0.6) is 23.0 Å². The minimum Gasteiger partial charge on any atom is -0.508 e. The number of aromatic hydroxyl groups is 1. The fourth-order valence-electron chi connectivity index (χ4n) is 4.20. The maximum atomic E-state index is 13.2. The lowest BCUT2D eigenvalue weighted by Gasteiger charge is -2.21. The summed E-state index contributed by atoms with van der Waals surface area (Å²) in [6, 6.07) is 18.1. The first-order valence-electron chi connectivity index (χ1n) is 11.0. The number of rotatable bonds is 7. The number of aromatic amines is 1. The maximum Gasteiger partial charge on any atom is 0.231 e. The highest BCUT2D eigenvalue weighted by Crippen LogP contribution is 2.43. The van der Waals surface area contributed by atoms with E-state index in [1.807, 2.05) is 55.5 Å². The minimum atomic E-state index is -0.414. The van der Waals surface area contributed by atoms with Gasteiger partial charge in [-0.1, -0.05) is 24.3 Å². The highest BCUT2D eigenvalue weighted by atomic mass is 16.7. The molecule has 8 nitrogen and oxygen atoms in total. The van der Waals surface area contributed by atoms with Crippen LogP contribution in [0.3, 0.4) is 0 Å². The van der Waals surface area contributed by atoms with Crippen molar-refractivity contribution in [3.8, 4) is 23.0 Å². The van der Waals surface area contributed by atoms with Crippen LogP contribution in [0.2, 0.25) is 0 Å². The van der Waals surface area contributed by atoms with Crippen LogP contribution >= 0.6 is 0 Å². The highest BCUT2D eigenvalue weighted by molar-refractivity contribution is 5.79. The van der Waals surface area contributed by atoms with E-state index in [4.69, 9.17) is 14.2 Å². The van der Waals surface area contributed by atoms with Gasteiger partial charge in [0.15, 0.2) is 11.5 Å². The van der Waals surface area contributed by atoms with Crippen molar-refractivity contribution in [2.24, 2.45) is 0 Å². The zero-order chi connectivity index (χ0) is 23.7. The Bertz CT molecular complexity index is 1300. The lowest BCUT2D eigenvalue weighted by Crippen LogP contribution is -2.28. The number of hydrogen-bond donors (Lipinski definition) is 3. The van der Waals surface area contributed by atoms with Crippen molar-refractivity contribution in [2.45, 2.75) is 25.3 Å². The van der Waals surface area contributed by atoms with E-state index in [9.17, 15) is 9.90 Å². The van der Waals surface area contributed by atoms with Crippen LogP contribution in [-0.2, 0) is 4.79 Å². The summed E-state index contributed by atoms with van der Waals surface area (Å²) in [4.78, 5) is 21.0. The summed E-state index contributed by atoms with van der Waals surface area (Å²) in [6.07, 6.45) is 0.115. The summed E-state index contributed by atoms with van der Waals surface area (Å²) >= 11 is 0. The average Bonchev–Trinajstić information content (AvgIpc) is 3.49. The number of phenols is 1. The number of aromatic nitrogens is 2. The Kier molecular flexibility index (Phi) is 5.71. The molecule has 1 aliphatic rings. The predicted octanol–water partition coefficient (Wildman–Crippen LogP) is 4.41. The number of benzene rings is 3. The monoisotopic (exact) mass is 459 g/mol. The van der Waals surface area contributed by atoms with Crippen molar-refractivity contribution < 1.29 is 24.1 Å². The summed E-state index contributed by atoms with van der Waals surface area (Å²) in [6.45, 7) is 1.98. The van der Waals surface area contributed by atoms with Crippen LogP contribution in [0.1, 0.15) is 42.3 Å². The summed E-state index contributed by atoms with van der Waals surface area (Å²) in [5.74, 6) is 1.87. The van der Waals surface area contributed by atoms with Crippen molar-refractivity contribution >= 4 is 16.9 Å². The molecule has 1 aliphatic heterocycles. The van der Waals surface area contributed by atoms with Crippen LogP contribution in [0.25, 0.3) is 11.0 Å². The number of carbonyl (C=O) groups excluding carboxylic acids is 1. The van der Waals surface area contributed by atoms with Crippen LogP contribution in [0, 0.1) is 0 Å². The third-order valence-electron chi connectivity index (χ3n) is 6.00. The first kappa shape index (κ1) is 21.6. The van der Waals surface area contributed by atoms with Gasteiger partial charge in [-0.15, -0.1) is 0 Å². The van der Waals surface area contributed by atoms with Crippen molar-refractivity contribution in [3.63, 3.8) is 0 Å². The number of para-hydroxylation sites is 2. The second kappa shape index (κ2) is 8.97. The molecular weight excluding hydrogens is 434 g/mol. The van der Waals surface area contributed by atoms with E-state index in [0.29, 0.717) is 28.6 Å². The number of methoxy groups -OCH3 is 1. The largest absolute Gasteiger partial charge is 0.508 e. The molecule has 3 aromatic carbocycles. The Morgan fingerprint density at radius 1 is 1.15 bits per heavy atom. The van der Waals surface area contributed by atoms with Crippen LogP contribution in [0.15, 0.2) is 60.7 Å². The molecule has 174 valence electrons. The van der Waals surface area contributed by atoms with E-state index in [1.165, 1.54) is 6.07 Å². The number of ether oxygens (including phenoxy) is 3. The lowest BCUT2D eigenvalue weighted by molar-refractivity contribution is -0.122. The zero-order valence-electron chi connectivity index (χ0n) is 18.9. The molecule has 5 rings (SSSR count). The van der Waals surface area contributed by atoms with E-state index in [-0.39, 0.29) is 30.9 Å². The van der Waals surface area contributed by atoms with E-state index < -0.39 is 5.92 Å². The molecule has 0 saturated carbocycles. The van der Waals surface area contributed by atoms with Gasteiger partial charge in [-0.2, -0.15) is 0 Å². The molecule has 2 atom stereocenters. The normalized spacial score (nSPS) is 14.1. The van der Waals surface area contributed by atoms with Crippen molar-refractivity contribution in [3.05, 3.63) is 77.6 Å². The number of carbonyl (C=O) groups is 1. The van der Waals surface area contributed by atoms with Gasteiger partial charge in [0.25, 0.3) is 0 Å². The SMILES string of the molecule is COc1ccc(C(CC(=O)NC(C)c2nc3ccccc3[nH]2)c2cc3c(cc2O)OCO3)cc1. The zero-order valence-corrected chi connectivity index (χ0v) is 18.9. The van der Waals surface area contributed by atoms with Gasteiger partial charge in [0.2, 0.25) is 12.7 Å². The van der Waals surface area contributed by atoms with Gasteiger partial charge in [0, 0.05) is 24.0 Å². The Balaban J connectivity index is 1.41. The summed E-state index contributed by atoms with van der Waals surface area (Å²) < 4.78 is 16.1. The van der Waals surface area contributed by atoms with Gasteiger partial charge in [-0.3, -0.25) is 4.79 Å². The summed E-state index contributed by atoms with van der Waals surface area (Å²) in [7, 11) is 1.60. The second-order valence-corrected chi connectivity index (χ2v) is 8.22. The second-order valence-electron chi connectivity index (χ2n) is 8.22. The summed E-state index contributed by atoms with van der Waals surface area (Å²) in [5, 5.41) is 13.8. The number of amides is 1. The number of H-pyrrole nitrogens is 1. The fourth-order valence-corrected chi connectivity index (χ4v) is 4.20. The average molecular weight is 460 g/mol. The standard InChI is InChI=1S/C26H25N3O5/c1-15(26-28-20-5-3-4-6-21(20)29-26)27-25(31)12-18(16-7-9-17(32-2)10-8-16)19-11-23-24(13-22(19)30)34-14-33-23/h3-11,13,15,18,30H,12,14H2,1-2H3,(H,27,31)(H,28,29). The Morgan fingerprint density at radius 3 is 2.62 bits per heavy atom. The first-order valence-corrected chi connectivity index (χ1v) is 11.0. The summed E-state index contributed by atoms with van der Waals surface area (Å²) in [5.41, 5.74) is 3.21. The number of nitrogens with zero attached hydrogens (tertiary/aromatic N) is 1. The molecule has 1 aromatic heterocycles. The third-order valence-corrected chi connectivity index (χ3v) is 6.00. The van der Waals surface area contributed by atoms with E-state index in [0.717, 1.165) is 16.6 Å². The van der Waals surface area contributed by atoms with E-state index >= 15 is 0 Å². The highest BCUT2D eigenvalue weighted by Gasteiger charge is 2.26. The maximum absolute atomic E-state index is 13.2.